The van der Waals surface area contributed by atoms with Crippen molar-refractivity contribution in [2.45, 2.75) is 20.3 Å². The van der Waals surface area contributed by atoms with Crippen LogP contribution in [-0.2, 0) is 18.3 Å². The van der Waals surface area contributed by atoms with Crippen LogP contribution in [0.3, 0.4) is 0 Å². The third-order valence-electron chi connectivity index (χ3n) is 3.71. The van der Waals surface area contributed by atoms with Crippen molar-refractivity contribution in [2.75, 3.05) is 13.2 Å². The Morgan fingerprint density at radius 2 is 1.89 bits per heavy atom. The molecule has 0 atom stereocenters. The van der Waals surface area contributed by atoms with Gasteiger partial charge in [-0.05, 0) is 25.5 Å². The lowest BCUT2D eigenvalue weighted by Crippen LogP contribution is -2.15. The van der Waals surface area contributed by atoms with Gasteiger partial charge in [0.15, 0.2) is 11.5 Å². The fourth-order valence-corrected chi connectivity index (χ4v) is 2.65. The summed E-state index contributed by atoms with van der Waals surface area (Å²) in [5, 5.41) is 1.08. The smallest absolute Gasteiger partial charge is 0.163 e. The molecular formula is C15H17NO3. The van der Waals surface area contributed by atoms with Crippen LogP contribution in [0.2, 0.25) is 0 Å². The predicted molar refractivity (Wildman–Crippen MR) is 73.0 cm³/mol. The maximum absolute atomic E-state index is 11.4. The second-order valence-corrected chi connectivity index (χ2v) is 5.01. The highest BCUT2D eigenvalue weighted by molar-refractivity contribution is 5.92. The van der Waals surface area contributed by atoms with E-state index in [0.29, 0.717) is 19.6 Å². The van der Waals surface area contributed by atoms with Crippen LogP contribution in [0.5, 0.6) is 11.5 Å². The van der Waals surface area contributed by atoms with Crippen LogP contribution < -0.4 is 9.47 Å². The fourth-order valence-electron chi connectivity index (χ4n) is 2.65. The Balaban J connectivity index is 2.26. The van der Waals surface area contributed by atoms with Gasteiger partial charge in [-0.1, -0.05) is 0 Å². The van der Waals surface area contributed by atoms with Gasteiger partial charge in [-0.3, -0.25) is 4.79 Å². The van der Waals surface area contributed by atoms with Gasteiger partial charge in [0.25, 0.3) is 0 Å². The quantitative estimate of drug-likeness (QED) is 0.831. The van der Waals surface area contributed by atoms with Crippen LogP contribution in [0.4, 0.5) is 0 Å². The van der Waals surface area contributed by atoms with Gasteiger partial charge >= 0.3 is 0 Å². The summed E-state index contributed by atoms with van der Waals surface area (Å²) in [7, 11) is 2.01. The van der Waals surface area contributed by atoms with E-state index in [-0.39, 0.29) is 5.78 Å². The molecule has 0 unspecified atom stereocenters. The Morgan fingerprint density at radius 3 is 2.53 bits per heavy atom. The number of fused-ring (bicyclic) bond motifs is 2. The lowest BCUT2D eigenvalue weighted by Gasteiger charge is -2.18. The topological polar surface area (TPSA) is 40.5 Å². The van der Waals surface area contributed by atoms with Crippen molar-refractivity contribution in [2.24, 2.45) is 7.05 Å². The van der Waals surface area contributed by atoms with Crippen molar-refractivity contribution < 1.29 is 14.3 Å². The molecule has 3 rings (SSSR count). The van der Waals surface area contributed by atoms with Crippen LogP contribution >= 0.6 is 0 Å². The van der Waals surface area contributed by atoms with Gasteiger partial charge in [-0.2, -0.15) is 0 Å². The van der Waals surface area contributed by atoms with E-state index in [9.17, 15) is 4.79 Å². The van der Waals surface area contributed by atoms with Gasteiger partial charge in [-0.25, -0.2) is 0 Å². The van der Waals surface area contributed by atoms with Crippen LogP contribution in [0.15, 0.2) is 12.1 Å². The highest BCUT2D eigenvalue weighted by atomic mass is 16.6. The number of aromatic nitrogens is 1. The van der Waals surface area contributed by atoms with E-state index in [1.807, 2.05) is 26.1 Å². The highest BCUT2D eigenvalue weighted by Crippen LogP contribution is 2.37. The summed E-state index contributed by atoms with van der Waals surface area (Å²) in [4.78, 5) is 11.4. The van der Waals surface area contributed by atoms with Crippen molar-refractivity contribution in [3.8, 4) is 11.5 Å². The molecule has 1 aromatic carbocycles. The Morgan fingerprint density at radius 1 is 1.26 bits per heavy atom. The first kappa shape index (κ1) is 12.1. The van der Waals surface area contributed by atoms with Crippen LogP contribution in [-0.4, -0.2) is 23.6 Å². The summed E-state index contributed by atoms with van der Waals surface area (Å²) in [5.41, 5.74) is 3.28. The number of hydrogen-bond acceptors (Lipinski definition) is 3. The largest absolute Gasteiger partial charge is 0.486 e. The summed E-state index contributed by atoms with van der Waals surface area (Å²) in [6.07, 6.45) is 0.461. The van der Waals surface area contributed by atoms with Gasteiger partial charge in [0.2, 0.25) is 0 Å². The molecule has 19 heavy (non-hydrogen) atoms. The number of nitrogens with zero attached hydrogens (tertiary/aromatic N) is 1. The van der Waals surface area contributed by atoms with Gasteiger partial charge in [-0.15, -0.1) is 0 Å². The van der Waals surface area contributed by atoms with E-state index in [1.165, 1.54) is 0 Å². The highest BCUT2D eigenvalue weighted by Gasteiger charge is 2.19. The molecule has 1 aliphatic rings. The number of benzene rings is 1. The maximum atomic E-state index is 11.4. The van der Waals surface area contributed by atoms with E-state index >= 15 is 0 Å². The fraction of sp³-hybridized carbons (Fsp3) is 0.400. The number of hydrogen-bond donors (Lipinski definition) is 0. The van der Waals surface area contributed by atoms with Gasteiger partial charge in [0.1, 0.15) is 19.0 Å². The summed E-state index contributed by atoms with van der Waals surface area (Å²) < 4.78 is 13.3. The number of carbonyl (C=O) groups excluding carboxylic acids is 1. The average molecular weight is 259 g/mol. The Hall–Kier alpha value is -1.97. The molecule has 4 heteroatoms. The van der Waals surface area contributed by atoms with Crippen molar-refractivity contribution in [3.05, 3.63) is 23.4 Å². The lowest BCUT2D eigenvalue weighted by atomic mass is 10.1. The van der Waals surface area contributed by atoms with Gasteiger partial charge in [0, 0.05) is 30.6 Å². The van der Waals surface area contributed by atoms with Crippen molar-refractivity contribution >= 4 is 16.7 Å². The van der Waals surface area contributed by atoms with E-state index in [2.05, 4.69) is 4.57 Å². The number of carbonyl (C=O) groups is 1. The molecule has 0 aliphatic carbocycles. The average Bonchev–Trinajstić information content (AvgIpc) is 2.61. The lowest BCUT2D eigenvalue weighted by molar-refractivity contribution is -0.116. The molecule has 0 saturated carbocycles. The van der Waals surface area contributed by atoms with Crippen molar-refractivity contribution in [3.63, 3.8) is 0 Å². The minimum absolute atomic E-state index is 0.172. The molecule has 0 N–H and O–H groups in total. The van der Waals surface area contributed by atoms with E-state index in [0.717, 1.165) is 33.7 Å². The molecule has 1 aliphatic heterocycles. The summed E-state index contributed by atoms with van der Waals surface area (Å²) in [6, 6.07) is 4.00. The molecular weight excluding hydrogens is 242 g/mol. The second kappa shape index (κ2) is 4.30. The number of ketones is 1. The first-order chi connectivity index (χ1) is 9.08. The van der Waals surface area contributed by atoms with E-state index in [1.54, 1.807) is 6.92 Å². The molecule has 100 valence electrons. The van der Waals surface area contributed by atoms with E-state index in [4.69, 9.17) is 9.47 Å². The molecule has 0 saturated heterocycles. The zero-order chi connectivity index (χ0) is 13.6. The Labute approximate surface area is 111 Å². The molecule has 0 radical (unpaired) electrons. The number of Topliss-reactive ketones (excluding diaryl/α,β-unsaturated/α-hetero) is 1. The van der Waals surface area contributed by atoms with Crippen LogP contribution in [0.1, 0.15) is 18.2 Å². The Kier molecular flexibility index (Phi) is 2.73. The van der Waals surface area contributed by atoms with Crippen LogP contribution in [0.25, 0.3) is 10.9 Å². The molecule has 2 aromatic rings. The SMILES string of the molecule is CC(=O)Cc1c(C)n(C)c2cc3c(cc12)OCCO3. The minimum Gasteiger partial charge on any atom is -0.486 e. The molecule has 1 aromatic heterocycles. The maximum Gasteiger partial charge on any atom is 0.163 e. The zero-order valence-corrected chi connectivity index (χ0v) is 11.4. The first-order valence-electron chi connectivity index (χ1n) is 6.45. The van der Waals surface area contributed by atoms with Gasteiger partial charge < -0.3 is 14.0 Å². The normalized spacial score (nSPS) is 13.8. The molecule has 0 amide bonds. The minimum atomic E-state index is 0.172. The predicted octanol–water partition coefficient (Wildman–Crippen LogP) is 2.39. The number of ether oxygens (including phenoxy) is 2. The zero-order valence-electron chi connectivity index (χ0n) is 11.4. The number of aryl methyl sites for hydroxylation is 1. The number of rotatable bonds is 2. The monoisotopic (exact) mass is 259 g/mol. The van der Waals surface area contributed by atoms with Gasteiger partial charge in [0.05, 0.1) is 5.52 Å². The standard InChI is InChI=1S/C15H17NO3/c1-9(17)6-11-10(2)16(3)13-8-15-14(7-12(11)13)18-4-5-19-15/h7-8H,4-6H2,1-3H3. The summed E-state index contributed by atoms with van der Waals surface area (Å²) in [5.74, 6) is 1.73. The first-order valence-corrected chi connectivity index (χ1v) is 6.45. The summed E-state index contributed by atoms with van der Waals surface area (Å²) in [6.45, 7) is 4.82. The van der Waals surface area contributed by atoms with E-state index < -0.39 is 0 Å². The molecule has 0 spiro atoms. The molecule has 0 bridgehead atoms. The van der Waals surface area contributed by atoms with Crippen molar-refractivity contribution in [1.82, 2.24) is 4.57 Å². The summed E-state index contributed by atoms with van der Waals surface area (Å²) >= 11 is 0. The second-order valence-electron chi connectivity index (χ2n) is 5.01. The molecule has 2 heterocycles. The third kappa shape index (κ3) is 1.87. The third-order valence-corrected chi connectivity index (χ3v) is 3.71. The molecule has 0 fully saturated rings. The Bertz CT molecular complexity index is 670. The van der Waals surface area contributed by atoms with Crippen molar-refractivity contribution in [1.29, 1.82) is 0 Å². The molecule has 4 nitrogen and oxygen atoms in total. The van der Waals surface area contributed by atoms with Crippen LogP contribution in [0, 0.1) is 6.92 Å².